The minimum Gasteiger partial charge on any atom is -0.496 e. The number of fused-ring (bicyclic) bond motifs is 1. The van der Waals surface area contributed by atoms with Gasteiger partial charge in [0.1, 0.15) is 17.1 Å². The monoisotopic (exact) mass is 473 g/mol. The molecule has 4 aromatic rings. The van der Waals surface area contributed by atoms with E-state index in [0.29, 0.717) is 5.75 Å². The number of carboxylic acid groups (broad SMARTS) is 1. The number of carbonyl (C=O) groups is 1. The maximum absolute atomic E-state index is 11.6. The summed E-state index contributed by atoms with van der Waals surface area (Å²) in [6.07, 6.45) is 10.3. The van der Waals surface area contributed by atoms with Crippen LogP contribution in [0.2, 0.25) is 0 Å². The Bertz CT molecular complexity index is 1390. The number of hydrogen-bond acceptors (Lipinski definition) is 5. The summed E-state index contributed by atoms with van der Waals surface area (Å²) in [6, 6.07) is 7.39. The van der Waals surface area contributed by atoms with Crippen LogP contribution >= 0.6 is 0 Å². The van der Waals surface area contributed by atoms with Crippen molar-refractivity contribution in [2.75, 3.05) is 7.11 Å². The Hall–Kier alpha value is -3.61. The smallest absolute Gasteiger partial charge is 0.339 e. The summed E-state index contributed by atoms with van der Waals surface area (Å²) in [5.74, 6) is 0.0981. The predicted molar refractivity (Wildman–Crippen MR) is 135 cm³/mol. The van der Waals surface area contributed by atoms with Gasteiger partial charge in [0.2, 0.25) is 0 Å². The van der Waals surface area contributed by atoms with Gasteiger partial charge in [0.15, 0.2) is 0 Å². The minimum atomic E-state index is -1.01. The predicted octanol–water partition coefficient (Wildman–Crippen LogP) is 6.65. The van der Waals surface area contributed by atoms with E-state index in [2.05, 4.69) is 28.9 Å². The van der Waals surface area contributed by atoms with Crippen molar-refractivity contribution >= 4 is 17.0 Å². The van der Waals surface area contributed by atoms with Crippen LogP contribution in [-0.4, -0.2) is 32.9 Å². The molecule has 3 heterocycles. The normalized spacial score (nSPS) is 15.4. The number of nitrogens with zero attached hydrogens (tertiary/aromatic N) is 3. The molecule has 0 unspecified atom stereocenters. The number of benzene rings is 1. The van der Waals surface area contributed by atoms with E-state index in [4.69, 9.17) is 14.2 Å². The first kappa shape index (κ1) is 23.1. The number of ether oxygens (including phenoxy) is 1. The average Bonchev–Trinajstić information content (AvgIpc) is 3.37. The SMILES string of the molecule is COc1cc(-c2cn(CC3(C)CCCCC3)c3cc(-c4c(C)noc4C)cnc23)ccc1C(=O)O. The quantitative estimate of drug-likeness (QED) is 0.337. The topological polar surface area (TPSA) is 90.4 Å². The van der Waals surface area contributed by atoms with Crippen LogP contribution in [0, 0.1) is 19.3 Å². The van der Waals surface area contributed by atoms with Gasteiger partial charge in [0.25, 0.3) is 0 Å². The van der Waals surface area contributed by atoms with Crippen LogP contribution in [0.25, 0.3) is 33.3 Å². The first-order valence-electron chi connectivity index (χ1n) is 12.1. The Morgan fingerprint density at radius 1 is 1.17 bits per heavy atom. The molecule has 3 aromatic heterocycles. The van der Waals surface area contributed by atoms with Crippen molar-refractivity contribution < 1.29 is 19.2 Å². The molecule has 1 aliphatic rings. The second kappa shape index (κ2) is 8.87. The van der Waals surface area contributed by atoms with Crippen molar-refractivity contribution in [1.82, 2.24) is 14.7 Å². The molecule has 1 fully saturated rings. The van der Waals surface area contributed by atoms with Crippen LogP contribution in [-0.2, 0) is 6.54 Å². The third-order valence-corrected chi connectivity index (χ3v) is 7.39. The van der Waals surface area contributed by atoms with Gasteiger partial charge in [-0.25, -0.2) is 4.79 Å². The highest BCUT2D eigenvalue weighted by Gasteiger charge is 2.29. The van der Waals surface area contributed by atoms with Crippen LogP contribution in [0.5, 0.6) is 5.75 Å². The first-order valence-corrected chi connectivity index (χ1v) is 12.1. The van der Waals surface area contributed by atoms with Crippen molar-refractivity contribution in [1.29, 1.82) is 0 Å². The maximum Gasteiger partial charge on any atom is 0.339 e. The molecule has 1 aliphatic carbocycles. The van der Waals surface area contributed by atoms with E-state index in [9.17, 15) is 9.90 Å². The lowest BCUT2D eigenvalue weighted by Gasteiger charge is -2.34. The van der Waals surface area contributed by atoms with Crippen LogP contribution in [0.3, 0.4) is 0 Å². The molecule has 7 heteroatoms. The third kappa shape index (κ3) is 4.20. The molecule has 0 spiro atoms. The summed E-state index contributed by atoms with van der Waals surface area (Å²) in [7, 11) is 1.49. The van der Waals surface area contributed by atoms with Gasteiger partial charge in [-0.05, 0) is 55.9 Å². The van der Waals surface area contributed by atoms with Crippen LogP contribution in [0.1, 0.15) is 60.8 Å². The Balaban J connectivity index is 1.68. The van der Waals surface area contributed by atoms with Gasteiger partial charge in [0.05, 0.1) is 23.8 Å². The molecule has 0 radical (unpaired) electrons. The molecule has 182 valence electrons. The number of carboxylic acids is 1. The van der Waals surface area contributed by atoms with E-state index >= 15 is 0 Å². The lowest BCUT2D eigenvalue weighted by molar-refractivity contribution is 0.0693. The summed E-state index contributed by atoms with van der Waals surface area (Å²) in [6.45, 7) is 7.15. The highest BCUT2D eigenvalue weighted by molar-refractivity contribution is 5.97. The fraction of sp³-hybridized carbons (Fsp3) is 0.393. The Kier molecular flexibility index (Phi) is 5.87. The standard InChI is InChI=1S/C28H31N3O4/c1-17-25(18(2)35-30-17)20-12-23-26(29-14-20)22(15-31(23)16-28(3)10-6-5-7-11-28)19-8-9-21(27(32)33)24(13-19)34-4/h8-9,12-15H,5-7,10-11,16H2,1-4H3,(H,32,33). The van der Waals surface area contributed by atoms with Crippen molar-refractivity contribution in [3.63, 3.8) is 0 Å². The number of rotatable bonds is 6. The summed E-state index contributed by atoms with van der Waals surface area (Å²) in [5, 5.41) is 13.6. The molecule has 0 aliphatic heterocycles. The number of aromatic carboxylic acids is 1. The van der Waals surface area contributed by atoms with Crippen molar-refractivity contribution in [2.45, 2.75) is 59.4 Å². The van der Waals surface area contributed by atoms with Crippen LogP contribution in [0.4, 0.5) is 0 Å². The van der Waals surface area contributed by atoms with E-state index in [1.54, 1.807) is 12.1 Å². The number of methoxy groups -OCH3 is 1. The molecular weight excluding hydrogens is 442 g/mol. The first-order chi connectivity index (χ1) is 16.8. The highest BCUT2D eigenvalue weighted by atomic mass is 16.5. The zero-order valence-corrected chi connectivity index (χ0v) is 20.7. The summed E-state index contributed by atoms with van der Waals surface area (Å²) >= 11 is 0. The molecule has 1 saturated carbocycles. The fourth-order valence-electron chi connectivity index (χ4n) is 5.55. The summed E-state index contributed by atoms with van der Waals surface area (Å²) < 4.78 is 13.1. The molecule has 1 N–H and O–H groups in total. The van der Waals surface area contributed by atoms with Gasteiger partial charge >= 0.3 is 5.97 Å². The second-order valence-electron chi connectivity index (χ2n) is 10.1. The highest BCUT2D eigenvalue weighted by Crippen LogP contribution is 2.41. The van der Waals surface area contributed by atoms with Crippen molar-refractivity contribution in [2.24, 2.45) is 5.41 Å². The van der Waals surface area contributed by atoms with Gasteiger partial charge < -0.3 is 18.9 Å². The summed E-state index contributed by atoms with van der Waals surface area (Å²) in [5.41, 5.74) is 6.93. The molecular formula is C28H31N3O4. The van der Waals surface area contributed by atoms with Gasteiger partial charge in [-0.3, -0.25) is 4.98 Å². The molecule has 0 bridgehead atoms. The maximum atomic E-state index is 11.6. The molecule has 0 saturated heterocycles. The van der Waals surface area contributed by atoms with Gasteiger partial charge in [-0.2, -0.15) is 0 Å². The number of aromatic nitrogens is 3. The fourth-order valence-corrected chi connectivity index (χ4v) is 5.55. The third-order valence-electron chi connectivity index (χ3n) is 7.39. The molecule has 0 atom stereocenters. The Morgan fingerprint density at radius 2 is 1.94 bits per heavy atom. The minimum absolute atomic E-state index is 0.142. The Morgan fingerprint density at radius 3 is 2.60 bits per heavy atom. The second-order valence-corrected chi connectivity index (χ2v) is 10.1. The van der Waals surface area contributed by atoms with Crippen LogP contribution in [0.15, 0.2) is 41.2 Å². The largest absolute Gasteiger partial charge is 0.496 e. The van der Waals surface area contributed by atoms with E-state index in [0.717, 1.165) is 51.3 Å². The van der Waals surface area contributed by atoms with Crippen molar-refractivity contribution in [3.8, 4) is 28.0 Å². The van der Waals surface area contributed by atoms with E-state index in [1.807, 2.05) is 26.1 Å². The van der Waals surface area contributed by atoms with E-state index in [-0.39, 0.29) is 11.0 Å². The van der Waals surface area contributed by atoms with Crippen molar-refractivity contribution in [3.05, 3.63) is 53.7 Å². The van der Waals surface area contributed by atoms with E-state index < -0.39 is 5.97 Å². The van der Waals surface area contributed by atoms with E-state index in [1.165, 1.54) is 39.2 Å². The number of hydrogen-bond donors (Lipinski definition) is 1. The summed E-state index contributed by atoms with van der Waals surface area (Å²) in [4.78, 5) is 16.5. The lowest BCUT2D eigenvalue weighted by atomic mass is 9.75. The molecule has 0 amide bonds. The van der Waals surface area contributed by atoms with Gasteiger partial charge in [-0.1, -0.05) is 37.4 Å². The van der Waals surface area contributed by atoms with Crippen LogP contribution < -0.4 is 4.74 Å². The average molecular weight is 474 g/mol. The molecule has 1 aromatic carbocycles. The lowest BCUT2D eigenvalue weighted by Crippen LogP contribution is -2.25. The number of pyridine rings is 1. The molecule has 35 heavy (non-hydrogen) atoms. The zero-order chi connectivity index (χ0) is 24.7. The number of aryl methyl sites for hydroxylation is 2. The zero-order valence-electron chi connectivity index (χ0n) is 20.7. The molecule has 7 nitrogen and oxygen atoms in total. The van der Waals surface area contributed by atoms with Gasteiger partial charge in [-0.15, -0.1) is 0 Å². The Labute approximate surface area is 204 Å². The molecule has 5 rings (SSSR count). The van der Waals surface area contributed by atoms with Gasteiger partial charge in [0, 0.05) is 35.6 Å².